The van der Waals surface area contributed by atoms with Gasteiger partial charge in [0.25, 0.3) is 7.82 Å². The minimum Gasteiger partial charge on any atom is -0.756 e. The van der Waals surface area contributed by atoms with Gasteiger partial charge in [0.05, 0.1) is 34.4 Å². The van der Waals surface area contributed by atoms with Crippen molar-refractivity contribution < 1.29 is 37.3 Å². The molecule has 0 spiro atoms. The molecule has 2 atom stereocenters. The van der Waals surface area contributed by atoms with Crippen molar-refractivity contribution >= 4 is 13.8 Å². The molecule has 0 rings (SSSR count). The fourth-order valence-electron chi connectivity index (χ4n) is 4.89. The monoisotopic (exact) mass is 662 g/mol. The van der Waals surface area contributed by atoms with Crippen LogP contribution in [0.5, 0.6) is 0 Å². The predicted molar refractivity (Wildman–Crippen MR) is 185 cm³/mol. The first-order valence-electron chi connectivity index (χ1n) is 18.4. The zero-order chi connectivity index (χ0) is 33.5. The van der Waals surface area contributed by atoms with Gasteiger partial charge in [-0.05, 0) is 38.5 Å². The molecule has 8 nitrogen and oxygen atoms in total. The molecule has 0 aliphatic rings. The molecule has 0 aliphatic carbocycles. The van der Waals surface area contributed by atoms with Crippen LogP contribution in [0.3, 0.4) is 0 Å². The molecule has 0 aromatic carbocycles. The molecule has 0 aliphatic heterocycles. The maximum absolute atomic E-state index is 12.5. The van der Waals surface area contributed by atoms with Gasteiger partial charge in [0.2, 0.25) is 0 Å². The highest BCUT2D eigenvalue weighted by Crippen LogP contribution is 2.38. The lowest BCUT2D eigenvalue weighted by Crippen LogP contribution is -2.37. The molecule has 0 saturated heterocycles. The highest BCUT2D eigenvalue weighted by molar-refractivity contribution is 7.45. The van der Waals surface area contributed by atoms with Gasteiger partial charge in [-0.3, -0.25) is 9.36 Å². The Labute approximate surface area is 278 Å². The number of likely N-dealkylation sites (N-methyl/N-ethyl adjacent to an activating group) is 1. The molecular formula is C36H72NO7P. The van der Waals surface area contributed by atoms with E-state index in [4.69, 9.17) is 18.5 Å². The molecule has 0 N–H and O–H groups in total. The number of rotatable bonds is 34. The van der Waals surface area contributed by atoms with Crippen LogP contribution in [0.4, 0.5) is 0 Å². The second-order valence-electron chi connectivity index (χ2n) is 13.6. The average Bonchev–Trinajstić information content (AvgIpc) is 2.98. The van der Waals surface area contributed by atoms with Crippen LogP contribution in [0.15, 0.2) is 12.2 Å². The molecule has 2 unspecified atom stereocenters. The summed E-state index contributed by atoms with van der Waals surface area (Å²) < 4.78 is 34.3. The summed E-state index contributed by atoms with van der Waals surface area (Å²) in [6, 6.07) is 0. The number of nitrogens with zero attached hydrogens (tertiary/aromatic N) is 1. The Kier molecular flexibility index (Phi) is 30.0. The van der Waals surface area contributed by atoms with E-state index in [0.29, 0.717) is 24.1 Å². The molecule has 0 fully saturated rings. The summed E-state index contributed by atoms with van der Waals surface area (Å²) in [6.45, 7) is 5.36. The summed E-state index contributed by atoms with van der Waals surface area (Å²) in [7, 11) is 1.35. The molecule has 0 amide bonds. The highest BCUT2D eigenvalue weighted by Gasteiger charge is 2.20. The van der Waals surface area contributed by atoms with Crippen LogP contribution in [0.2, 0.25) is 0 Å². The third-order valence-corrected chi connectivity index (χ3v) is 8.78. The number of carbonyl (C=O) groups is 1. The number of hydrogen-bond acceptors (Lipinski definition) is 7. The van der Waals surface area contributed by atoms with Crippen LogP contribution < -0.4 is 4.89 Å². The summed E-state index contributed by atoms with van der Waals surface area (Å²) in [6.07, 6.45) is 29.4. The Hall–Kier alpha value is -0.760. The van der Waals surface area contributed by atoms with Gasteiger partial charge in [-0.2, -0.15) is 0 Å². The van der Waals surface area contributed by atoms with Crippen LogP contribution >= 0.6 is 7.82 Å². The molecule has 45 heavy (non-hydrogen) atoms. The van der Waals surface area contributed by atoms with E-state index < -0.39 is 13.9 Å². The van der Waals surface area contributed by atoms with Crippen molar-refractivity contribution in [2.75, 3.05) is 54.1 Å². The number of quaternary nitrogens is 1. The van der Waals surface area contributed by atoms with E-state index >= 15 is 0 Å². The first-order valence-corrected chi connectivity index (χ1v) is 19.9. The average molecular weight is 662 g/mol. The summed E-state index contributed by atoms with van der Waals surface area (Å²) in [5, 5.41) is 0. The van der Waals surface area contributed by atoms with E-state index in [1.165, 1.54) is 89.9 Å². The van der Waals surface area contributed by atoms with Crippen LogP contribution in [0.25, 0.3) is 0 Å². The Balaban J connectivity index is 4.24. The number of carbonyl (C=O) groups excluding carboxylic acids is 1. The molecule has 0 saturated carbocycles. The van der Waals surface area contributed by atoms with Gasteiger partial charge >= 0.3 is 5.97 Å². The van der Waals surface area contributed by atoms with Crippen molar-refractivity contribution in [3.63, 3.8) is 0 Å². The van der Waals surface area contributed by atoms with Crippen LogP contribution in [0, 0.1) is 0 Å². The van der Waals surface area contributed by atoms with Crippen molar-refractivity contribution in [1.29, 1.82) is 0 Å². The van der Waals surface area contributed by atoms with Crippen molar-refractivity contribution in [3.05, 3.63) is 12.2 Å². The molecule has 0 heterocycles. The standard InChI is InChI=1S/C36H72NO7P/c1-6-8-10-12-14-15-16-17-18-19-20-21-22-23-25-27-29-36(38)44-35(33-41-31-28-26-24-13-11-9-7-2)34-43-45(39,40)42-32-30-37(3,4)5/h18-19,35H,6-17,20-34H2,1-5H3/b19-18-. The van der Waals surface area contributed by atoms with Crippen molar-refractivity contribution in [2.45, 2.75) is 161 Å². The number of unbranched alkanes of at least 4 members (excludes halogenated alkanes) is 18. The van der Waals surface area contributed by atoms with Crippen molar-refractivity contribution in [3.8, 4) is 0 Å². The van der Waals surface area contributed by atoms with Gasteiger partial charge in [-0.15, -0.1) is 0 Å². The number of hydrogen-bond donors (Lipinski definition) is 0. The molecular weight excluding hydrogens is 589 g/mol. The van der Waals surface area contributed by atoms with E-state index in [0.717, 1.165) is 44.9 Å². The zero-order valence-electron chi connectivity index (χ0n) is 30.1. The maximum Gasteiger partial charge on any atom is 0.306 e. The van der Waals surface area contributed by atoms with E-state index in [-0.39, 0.29) is 25.8 Å². The predicted octanol–water partition coefficient (Wildman–Crippen LogP) is 9.30. The molecule has 0 aromatic rings. The first kappa shape index (κ1) is 44.2. The quantitative estimate of drug-likeness (QED) is 0.0223. The van der Waals surface area contributed by atoms with E-state index in [1.54, 1.807) is 0 Å². The van der Waals surface area contributed by atoms with Crippen LogP contribution in [0.1, 0.15) is 155 Å². The van der Waals surface area contributed by atoms with E-state index in [9.17, 15) is 14.3 Å². The zero-order valence-corrected chi connectivity index (χ0v) is 31.0. The lowest BCUT2D eigenvalue weighted by Gasteiger charge is -2.28. The summed E-state index contributed by atoms with van der Waals surface area (Å²) in [5.74, 6) is -0.344. The Morgan fingerprint density at radius 3 is 1.69 bits per heavy atom. The summed E-state index contributed by atoms with van der Waals surface area (Å²) in [4.78, 5) is 24.8. The fourth-order valence-corrected chi connectivity index (χ4v) is 5.62. The number of phosphoric ester groups is 1. The third-order valence-electron chi connectivity index (χ3n) is 7.82. The van der Waals surface area contributed by atoms with Gasteiger partial charge in [0.1, 0.15) is 19.3 Å². The van der Waals surface area contributed by atoms with Gasteiger partial charge < -0.3 is 27.9 Å². The topological polar surface area (TPSA) is 94.1 Å². The van der Waals surface area contributed by atoms with Crippen LogP contribution in [-0.4, -0.2) is 70.7 Å². The second-order valence-corrected chi connectivity index (χ2v) is 15.0. The molecule has 9 heteroatoms. The number of ether oxygens (including phenoxy) is 2. The van der Waals surface area contributed by atoms with Crippen molar-refractivity contribution in [2.24, 2.45) is 0 Å². The molecule has 0 aromatic heterocycles. The summed E-state index contributed by atoms with van der Waals surface area (Å²) in [5.41, 5.74) is 0. The third kappa shape index (κ3) is 34.4. The highest BCUT2D eigenvalue weighted by atomic mass is 31.2. The Morgan fingerprint density at radius 2 is 1.16 bits per heavy atom. The number of esters is 1. The fraction of sp³-hybridized carbons (Fsp3) is 0.917. The smallest absolute Gasteiger partial charge is 0.306 e. The SMILES string of the molecule is CCCCCCCCC/C=C\CCCCCCCC(=O)OC(COCCCCCCCCC)COP(=O)([O-])OCC[N+](C)(C)C. The first-order chi connectivity index (χ1) is 21.6. The number of phosphoric acid groups is 1. The second kappa shape index (κ2) is 30.6. The lowest BCUT2D eigenvalue weighted by molar-refractivity contribution is -0.870. The Bertz CT molecular complexity index is 741. The van der Waals surface area contributed by atoms with Gasteiger partial charge in [-0.25, -0.2) is 0 Å². The van der Waals surface area contributed by atoms with Gasteiger partial charge in [0, 0.05) is 13.0 Å². The maximum atomic E-state index is 12.5. The van der Waals surface area contributed by atoms with Crippen LogP contribution in [-0.2, 0) is 27.9 Å². The number of allylic oxidation sites excluding steroid dienone is 2. The van der Waals surface area contributed by atoms with E-state index in [2.05, 4.69) is 26.0 Å². The van der Waals surface area contributed by atoms with Gasteiger partial charge in [-0.1, -0.05) is 122 Å². The van der Waals surface area contributed by atoms with Crippen molar-refractivity contribution in [1.82, 2.24) is 0 Å². The normalized spacial score (nSPS) is 14.2. The molecule has 268 valence electrons. The Morgan fingerprint density at radius 1 is 0.667 bits per heavy atom. The minimum absolute atomic E-state index is 0.0268. The summed E-state index contributed by atoms with van der Waals surface area (Å²) >= 11 is 0. The minimum atomic E-state index is -4.51. The largest absolute Gasteiger partial charge is 0.756 e. The molecule has 0 radical (unpaired) electrons. The van der Waals surface area contributed by atoms with Gasteiger partial charge in [0.15, 0.2) is 0 Å². The van der Waals surface area contributed by atoms with E-state index in [1.807, 2.05) is 21.1 Å². The molecule has 0 bridgehead atoms. The lowest BCUT2D eigenvalue weighted by atomic mass is 10.1.